The number of hydrogen-bond acceptors (Lipinski definition) is 6. The Hall–Kier alpha value is -2.87. The number of fused-ring (bicyclic) bond motifs is 2. The second-order valence-electron chi connectivity index (χ2n) is 5.91. The number of amides is 1. The maximum atomic E-state index is 13.4. The van der Waals surface area contributed by atoms with E-state index in [1.54, 1.807) is 18.2 Å². The zero-order valence-corrected chi connectivity index (χ0v) is 15.2. The number of thiazole rings is 1. The summed E-state index contributed by atoms with van der Waals surface area (Å²) in [4.78, 5) is 16.5. The van der Waals surface area contributed by atoms with Crippen LogP contribution in [0.3, 0.4) is 0 Å². The predicted octanol–water partition coefficient (Wildman–Crippen LogP) is 4.00. The predicted molar refractivity (Wildman–Crippen MR) is 100 cm³/mol. The monoisotopic (exact) mass is 388 g/mol. The quantitative estimate of drug-likeness (QED) is 0.647. The fourth-order valence-electron chi connectivity index (χ4n) is 2.68. The molecule has 2 heterocycles. The van der Waals surface area contributed by atoms with Crippen LogP contribution in [-0.4, -0.2) is 30.7 Å². The first-order valence-electron chi connectivity index (χ1n) is 8.56. The van der Waals surface area contributed by atoms with Gasteiger partial charge in [-0.15, -0.1) is 0 Å². The molecule has 0 spiro atoms. The summed E-state index contributed by atoms with van der Waals surface area (Å²) in [6.45, 7) is 1.30. The SMILES string of the molecule is O=C(CCCOc1ccccc1F)Nc1nc2cc3c(cc2s1)OCCO3. The first kappa shape index (κ1) is 17.5. The second kappa shape index (κ2) is 7.79. The first-order valence-corrected chi connectivity index (χ1v) is 9.38. The average molecular weight is 388 g/mol. The average Bonchev–Trinajstić information content (AvgIpc) is 3.05. The van der Waals surface area contributed by atoms with Gasteiger partial charge in [-0.1, -0.05) is 23.5 Å². The van der Waals surface area contributed by atoms with Crippen molar-refractivity contribution in [3.05, 3.63) is 42.2 Å². The van der Waals surface area contributed by atoms with Gasteiger partial charge in [-0.25, -0.2) is 9.37 Å². The molecule has 0 saturated heterocycles. The van der Waals surface area contributed by atoms with E-state index in [9.17, 15) is 9.18 Å². The topological polar surface area (TPSA) is 69.7 Å². The van der Waals surface area contributed by atoms with Crippen LogP contribution >= 0.6 is 11.3 Å². The number of ether oxygens (including phenoxy) is 3. The largest absolute Gasteiger partial charge is 0.491 e. The van der Waals surface area contributed by atoms with Gasteiger partial charge in [0.15, 0.2) is 28.2 Å². The molecule has 3 aromatic rings. The number of anilines is 1. The van der Waals surface area contributed by atoms with E-state index in [0.717, 1.165) is 10.2 Å². The maximum Gasteiger partial charge on any atom is 0.226 e. The molecule has 2 aromatic carbocycles. The van der Waals surface area contributed by atoms with Gasteiger partial charge in [0.25, 0.3) is 0 Å². The van der Waals surface area contributed by atoms with Crippen LogP contribution in [0.25, 0.3) is 10.2 Å². The fraction of sp³-hybridized carbons (Fsp3) is 0.263. The van der Waals surface area contributed by atoms with Crippen molar-refractivity contribution in [2.24, 2.45) is 0 Å². The molecule has 0 saturated carbocycles. The lowest BCUT2D eigenvalue weighted by molar-refractivity contribution is -0.116. The Morgan fingerprint density at radius 2 is 2.00 bits per heavy atom. The lowest BCUT2D eigenvalue weighted by atomic mass is 10.3. The maximum absolute atomic E-state index is 13.4. The van der Waals surface area contributed by atoms with Gasteiger partial charge in [0.1, 0.15) is 13.2 Å². The first-order chi connectivity index (χ1) is 13.2. The summed E-state index contributed by atoms with van der Waals surface area (Å²) in [5, 5.41) is 3.31. The van der Waals surface area contributed by atoms with E-state index in [2.05, 4.69) is 10.3 Å². The molecule has 1 N–H and O–H groups in total. The van der Waals surface area contributed by atoms with Crippen LogP contribution in [0.15, 0.2) is 36.4 Å². The van der Waals surface area contributed by atoms with E-state index in [4.69, 9.17) is 14.2 Å². The second-order valence-corrected chi connectivity index (χ2v) is 6.94. The van der Waals surface area contributed by atoms with E-state index >= 15 is 0 Å². The molecule has 8 heteroatoms. The number of carbonyl (C=O) groups excluding carboxylic acids is 1. The molecule has 1 aromatic heterocycles. The minimum Gasteiger partial charge on any atom is -0.491 e. The van der Waals surface area contributed by atoms with Crippen LogP contribution in [0.4, 0.5) is 9.52 Å². The van der Waals surface area contributed by atoms with Crippen LogP contribution in [-0.2, 0) is 4.79 Å². The van der Waals surface area contributed by atoms with Crippen molar-refractivity contribution >= 4 is 32.6 Å². The Kier molecular flexibility index (Phi) is 5.06. The highest BCUT2D eigenvalue weighted by Crippen LogP contribution is 2.37. The Morgan fingerprint density at radius 1 is 1.22 bits per heavy atom. The van der Waals surface area contributed by atoms with Crippen molar-refractivity contribution in [2.75, 3.05) is 25.1 Å². The molecule has 1 aliphatic heterocycles. The Balaban J connectivity index is 1.31. The third-order valence-corrected chi connectivity index (χ3v) is 4.87. The summed E-state index contributed by atoms with van der Waals surface area (Å²) in [5.74, 6) is 0.982. The molecule has 4 rings (SSSR count). The standard InChI is InChI=1S/C19H17FN2O4S/c20-12-4-1-2-5-14(12)24-7-3-6-18(23)22-19-21-13-10-15-16(11-17(13)27-19)26-9-8-25-15/h1-2,4-5,10-11H,3,6-9H2,(H,21,22,23). The van der Waals surface area contributed by atoms with Gasteiger partial charge in [-0.3, -0.25) is 4.79 Å². The number of benzene rings is 2. The number of nitrogens with zero attached hydrogens (tertiary/aromatic N) is 1. The van der Waals surface area contributed by atoms with Gasteiger partial charge >= 0.3 is 0 Å². The van der Waals surface area contributed by atoms with E-state index in [1.165, 1.54) is 17.4 Å². The highest BCUT2D eigenvalue weighted by atomic mass is 32.1. The molecule has 1 amide bonds. The van der Waals surface area contributed by atoms with Crippen molar-refractivity contribution in [2.45, 2.75) is 12.8 Å². The summed E-state index contributed by atoms with van der Waals surface area (Å²) in [5.41, 5.74) is 0.752. The Labute approximate surface area is 158 Å². The van der Waals surface area contributed by atoms with E-state index in [-0.39, 0.29) is 24.7 Å². The van der Waals surface area contributed by atoms with Gasteiger partial charge in [0, 0.05) is 18.6 Å². The van der Waals surface area contributed by atoms with Crippen LogP contribution in [0.2, 0.25) is 0 Å². The summed E-state index contributed by atoms with van der Waals surface area (Å²) < 4.78 is 30.8. The zero-order valence-electron chi connectivity index (χ0n) is 14.4. The molecular formula is C19H17FN2O4S. The number of aromatic nitrogens is 1. The van der Waals surface area contributed by atoms with Gasteiger partial charge in [0.05, 0.1) is 16.8 Å². The summed E-state index contributed by atoms with van der Waals surface area (Å²) >= 11 is 1.38. The summed E-state index contributed by atoms with van der Waals surface area (Å²) in [6, 6.07) is 9.89. The number of hydrogen-bond donors (Lipinski definition) is 1. The van der Waals surface area contributed by atoms with E-state index in [1.807, 2.05) is 12.1 Å². The fourth-order valence-corrected chi connectivity index (χ4v) is 3.57. The number of rotatable bonds is 6. The van der Waals surface area contributed by atoms with Crippen molar-refractivity contribution in [3.8, 4) is 17.2 Å². The number of nitrogens with one attached hydrogen (secondary N) is 1. The normalized spacial score (nSPS) is 12.8. The molecule has 0 unspecified atom stereocenters. The molecule has 27 heavy (non-hydrogen) atoms. The zero-order chi connectivity index (χ0) is 18.6. The van der Waals surface area contributed by atoms with Gasteiger partial charge in [-0.2, -0.15) is 0 Å². The van der Waals surface area contributed by atoms with Crippen molar-refractivity contribution in [1.29, 1.82) is 0 Å². The van der Waals surface area contributed by atoms with E-state index < -0.39 is 5.82 Å². The molecule has 0 atom stereocenters. The smallest absolute Gasteiger partial charge is 0.226 e. The highest BCUT2D eigenvalue weighted by molar-refractivity contribution is 7.22. The Bertz CT molecular complexity index is 932. The van der Waals surface area contributed by atoms with E-state index in [0.29, 0.717) is 36.3 Å². The molecule has 140 valence electrons. The minimum atomic E-state index is -0.410. The summed E-state index contributed by atoms with van der Waals surface area (Å²) in [6.07, 6.45) is 0.730. The van der Waals surface area contributed by atoms with Crippen LogP contribution in [0, 0.1) is 5.82 Å². The summed E-state index contributed by atoms with van der Waals surface area (Å²) in [7, 11) is 0. The van der Waals surface area contributed by atoms with Crippen molar-refractivity contribution in [1.82, 2.24) is 4.98 Å². The molecule has 0 radical (unpaired) electrons. The number of para-hydroxylation sites is 1. The molecule has 1 aliphatic rings. The van der Waals surface area contributed by atoms with Gasteiger partial charge in [-0.05, 0) is 18.6 Å². The van der Waals surface area contributed by atoms with Crippen molar-refractivity contribution in [3.63, 3.8) is 0 Å². The van der Waals surface area contributed by atoms with Crippen LogP contribution in [0.1, 0.15) is 12.8 Å². The van der Waals surface area contributed by atoms with Crippen LogP contribution < -0.4 is 19.5 Å². The van der Waals surface area contributed by atoms with Crippen LogP contribution in [0.5, 0.6) is 17.2 Å². The molecular weight excluding hydrogens is 371 g/mol. The molecule has 0 aliphatic carbocycles. The molecule has 0 bridgehead atoms. The highest BCUT2D eigenvalue weighted by Gasteiger charge is 2.16. The molecule has 6 nitrogen and oxygen atoms in total. The van der Waals surface area contributed by atoms with Crippen molar-refractivity contribution < 1.29 is 23.4 Å². The third kappa shape index (κ3) is 4.11. The van der Waals surface area contributed by atoms with Gasteiger partial charge < -0.3 is 19.5 Å². The molecule has 0 fully saturated rings. The lowest BCUT2D eigenvalue weighted by Gasteiger charge is -2.17. The third-order valence-electron chi connectivity index (χ3n) is 3.94. The lowest BCUT2D eigenvalue weighted by Crippen LogP contribution is -2.15. The minimum absolute atomic E-state index is 0.163. The number of carbonyl (C=O) groups is 1. The van der Waals surface area contributed by atoms with Gasteiger partial charge in [0.2, 0.25) is 5.91 Å². The number of halogens is 1. The Morgan fingerprint density at radius 3 is 2.81 bits per heavy atom.